The molecule has 0 aliphatic carbocycles. The first-order chi connectivity index (χ1) is 9.47. The third-order valence-electron chi connectivity index (χ3n) is 2.24. The summed E-state index contributed by atoms with van der Waals surface area (Å²) in [5.41, 5.74) is 0.828. The first kappa shape index (κ1) is 15.6. The summed E-state index contributed by atoms with van der Waals surface area (Å²) < 4.78 is 28.0. The van der Waals surface area contributed by atoms with Crippen LogP contribution in [0.1, 0.15) is 5.56 Å². The van der Waals surface area contributed by atoms with Gasteiger partial charge in [0.1, 0.15) is 5.75 Å². The molecule has 0 fully saturated rings. The molecular formula is C13H13F2NO4. The zero-order chi connectivity index (χ0) is 15.0. The molecule has 1 aromatic carbocycles. The van der Waals surface area contributed by atoms with Gasteiger partial charge in [-0.3, -0.25) is 4.79 Å². The Morgan fingerprint density at radius 1 is 1.25 bits per heavy atom. The van der Waals surface area contributed by atoms with E-state index in [9.17, 15) is 18.4 Å². The van der Waals surface area contributed by atoms with Gasteiger partial charge < -0.3 is 15.2 Å². The second kappa shape index (κ2) is 7.88. The molecule has 1 rings (SSSR count). The lowest BCUT2D eigenvalue weighted by atomic mass is 10.1. The second-order valence-corrected chi connectivity index (χ2v) is 3.74. The highest BCUT2D eigenvalue weighted by Crippen LogP contribution is 2.14. The largest absolute Gasteiger partial charge is 0.478 e. The predicted molar refractivity (Wildman–Crippen MR) is 66.6 cm³/mol. The van der Waals surface area contributed by atoms with E-state index >= 15 is 0 Å². The van der Waals surface area contributed by atoms with Crippen LogP contribution in [0.4, 0.5) is 8.78 Å². The standard InChI is InChI=1S/C13H13F2NO4/c14-13(15)20-10-3-1-9(2-4-10)7-8-16-11(17)5-6-12(18)19/h1-6,13H,7-8H2,(H,16,17)(H,18,19)/b6-5+. The Labute approximate surface area is 113 Å². The van der Waals surface area contributed by atoms with E-state index in [4.69, 9.17) is 5.11 Å². The lowest BCUT2D eigenvalue weighted by Crippen LogP contribution is -2.23. The molecule has 1 aromatic rings. The molecule has 0 saturated heterocycles. The van der Waals surface area contributed by atoms with Crippen LogP contribution in [0.5, 0.6) is 5.75 Å². The molecule has 0 heterocycles. The highest BCUT2D eigenvalue weighted by molar-refractivity contribution is 5.93. The first-order valence-corrected chi connectivity index (χ1v) is 5.70. The van der Waals surface area contributed by atoms with E-state index in [2.05, 4.69) is 10.1 Å². The van der Waals surface area contributed by atoms with Gasteiger partial charge in [-0.15, -0.1) is 0 Å². The normalized spacial score (nSPS) is 10.8. The van der Waals surface area contributed by atoms with Gasteiger partial charge in [0.15, 0.2) is 0 Å². The van der Waals surface area contributed by atoms with Crippen LogP contribution in [0.2, 0.25) is 0 Å². The minimum atomic E-state index is -2.86. The summed E-state index contributed by atoms with van der Waals surface area (Å²) in [5, 5.41) is 10.8. The zero-order valence-corrected chi connectivity index (χ0v) is 10.4. The van der Waals surface area contributed by atoms with Gasteiger partial charge in [0.2, 0.25) is 5.91 Å². The van der Waals surface area contributed by atoms with E-state index in [1.807, 2.05) is 0 Å². The van der Waals surface area contributed by atoms with Gasteiger partial charge in [-0.25, -0.2) is 4.79 Å². The number of nitrogens with one attached hydrogen (secondary N) is 1. The van der Waals surface area contributed by atoms with E-state index in [0.717, 1.165) is 17.7 Å². The molecule has 1 amide bonds. The summed E-state index contributed by atoms with van der Waals surface area (Å²) in [7, 11) is 0. The minimum absolute atomic E-state index is 0.0668. The molecular weight excluding hydrogens is 272 g/mol. The second-order valence-electron chi connectivity index (χ2n) is 3.74. The highest BCUT2D eigenvalue weighted by atomic mass is 19.3. The van der Waals surface area contributed by atoms with Gasteiger partial charge in [-0.1, -0.05) is 12.1 Å². The fourth-order valence-corrected chi connectivity index (χ4v) is 1.37. The fourth-order valence-electron chi connectivity index (χ4n) is 1.37. The number of rotatable bonds is 7. The fraction of sp³-hybridized carbons (Fsp3) is 0.231. The lowest BCUT2D eigenvalue weighted by molar-refractivity contribution is -0.131. The Balaban J connectivity index is 2.35. The van der Waals surface area contributed by atoms with Crippen LogP contribution in [0.3, 0.4) is 0 Å². The highest BCUT2D eigenvalue weighted by Gasteiger charge is 2.03. The molecule has 0 saturated carbocycles. The molecule has 0 radical (unpaired) electrons. The van der Waals surface area contributed by atoms with E-state index in [-0.39, 0.29) is 5.75 Å². The zero-order valence-electron chi connectivity index (χ0n) is 10.4. The maximum absolute atomic E-state index is 11.9. The van der Waals surface area contributed by atoms with Crippen molar-refractivity contribution in [1.29, 1.82) is 0 Å². The number of aliphatic carboxylic acids is 1. The Kier molecular flexibility index (Phi) is 6.15. The maximum atomic E-state index is 11.9. The number of alkyl halides is 2. The topological polar surface area (TPSA) is 75.6 Å². The van der Waals surface area contributed by atoms with E-state index in [0.29, 0.717) is 13.0 Å². The monoisotopic (exact) mass is 285 g/mol. The van der Waals surface area contributed by atoms with Crippen molar-refractivity contribution in [2.24, 2.45) is 0 Å². The Bertz CT molecular complexity index is 486. The molecule has 7 heteroatoms. The van der Waals surface area contributed by atoms with Crippen molar-refractivity contribution >= 4 is 11.9 Å². The smallest absolute Gasteiger partial charge is 0.387 e. The summed E-state index contributed by atoms with van der Waals surface area (Å²) in [4.78, 5) is 21.3. The quantitative estimate of drug-likeness (QED) is 0.746. The van der Waals surface area contributed by atoms with Crippen LogP contribution in [0.15, 0.2) is 36.4 Å². The van der Waals surface area contributed by atoms with Crippen LogP contribution in [-0.2, 0) is 16.0 Å². The number of carbonyl (C=O) groups excluding carboxylic acids is 1. The Morgan fingerprint density at radius 2 is 1.90 bits per heavy atom. The van der Waals surface area contributed by atoms with E-state index in [1.165, 1.54) is 12.1 Å². The summed E-state index contributed by atoms with van der Waals surface area (Å²) in [6, 6.07) is 6.04. The number of hydrogen-bond acceptors (Lipinski definition) is 3. The molecule has 0 atom stereocenters. The first-order valence-electron chi connectivity index (χ1n) is 5.70. The summed E-state index contributed by atoms with van der Waals surface area (Å²) in [6.07, 6.45) is 2.15. The van der Waals surface area contributed by atoms with E-state index < -0.39 is 18.5 Å². The number of benzene rings is 1. The van der Waals surface area contributed by atoms with Crippen LogP contribution in [-0.4, -0.2) is 30.1 Å². The average molecular weight is 285 g/mol. The van der Waals surface area contributed by atoms with Crippen molar-refractivity contribution < 1.29 is 28.2 Å². The number of halogens is 2. The van der Waals surface area contributed by atoms with Crippen LogP contribution in [0.25, 0.3) is 0 Å². The Morgan fingerprint density at radius 3 is 2.45 bits per heavy atom. The number of hydrogen-bond donors (Lipinski definition) is 2. The van der Waals surface area contributed by atoms with Crippen LogP contribution < -0.4 is 10.1 Å². The molecule has 20 heavy (non-hydrogen) atoms. The molecule has 0 unspecified atom stereocenters. The molecule has 0 spiro atoms. The summed E-state index contributed by atoms with van der Waals surface area (Å²) >= 11 is 0. The Hall–Kier alpha value is -2.44. The summed E-state index contributed by atoms with van der Waals surface area (Å²) in [6.45, 7) is -2.56. The number of amides is 1. The molecule has 0 bridgehead atoms. The van der Waals surface area contributed by atoms with Crippen molar-refractivity contribution in [2.75, 3.05) is 6.54 Å². The lowest BCUT2D eigenvalue weighted by Gasteiger charge is -2.06. The predicted octanol–water partition coefficient (Wildman–Crippen LogP) is 1.59. The number of carboxylic acids is 1. The molecule has 108 valence electrons. The average Bonchev–Trinajstić information content (AvgIpc) is 2.38. The molecule has 5 nitrogen and oxygen atoms in total. The third kappa shape index (κ3) is 6.48. The van der Waals surface area contributed by atoms with Crippen molar-refractivity contribution in [3.8, 4) is 5.75 Å². The van der Waals surface area contributed by atoms with Crippen molar-refractivity contribution in [2.45, 2.75) is 13.0 Å². The summed E-state index contributed by atoms with van der Waals surface area (Å²) in [5.74, 6) is -1.64. The number of carboxylic acid groups (broad SMARTS) is 1. The van der Waals surface area contributed by atoms with Crippen LogP contribution in [0, 0.1) is 0 Å². The van der Waals surface area contributed by atoms with E-state index in [1.54, 1.807) is 12.1 Å². The maximum Gasteiger partial charge on any atom is 0.387 e. The van der Waals surface area contributed by atoms with Gasteiger partial charge in [0.25, 0.3) is 0 Å². The van der Waals surface area contributed by atoms with Crippen molar-refractivity contribution in [1.82, 2.24) is 5.32 Å². The van der Waals surface area contributed by atoms with Gasteiger partial charge in [-0.2, -0.15) is 8.78 Å². The van der Waals surface area contributed by atoms with Crippen molar-refractivity contribution in [3.05, 3.63) is 42.0 Å². The molecule has 0 aliphatic heterocycles. The SMILES string of the molecule is O=C(O)/C=C/C(=O)NCCc1ccc(OC(F)F)cc1. The van der Waals surface area contributed by atoms with Gasteiger partial charge in [0.05, 0.1) is 0 Å². The van der Waals surface area contributed by atoms with Gasteiger partial charge in [0, 0.05) is 18.7 Å². The van der Waals surface area contributed by atoms with Gasteiger partial charge in [-0.05, 0) is 24.1 Å². The minimum Gasteiger partial charge on any atom is -0.478 e. The van der Waals surface area contributed by atoms with Crippen LogP contribution >= 0.6 is 0 Å². The van der Waals surface area contributed by atoms with Gasteiger partial charge >= 0.3 is 12.6 Å². The third-order valence-corrected chi connectivity index (χ3v) is 2.24. The molecule has 0 aromatic heterocycles. The number of carbonyl (C=O) groups is 2. The molecule has 0 aliphatic rings. The number of ether oxygens (including phenoxy) is 1. The van der Waals surface area contributed by atoms with Crippen molar-refractivity contribution in [3.63, 3.8) is 0 Å². The molecule has 2 N–H and O–H groups in total.